The summed E-state index contributed by atoms with van der Waals surface area (Å²) in [5.74, 6) is 1.94. The molecule has 8 heteroatoms. The lowest BCUT2D eigenvalue weighted by atomic mass is 10.1. The molecule has 0 spiro atoms. The molecule has 0 unspecified atom stereocenters. The first-order chi connectivity index (χ1) is 13.6. The number of ether oxygens (including phenoxy) is 2. The zero-order valence-electron chi connectivity index (χ0n) is 15.4. The number of rotatable bonds is 5. The fraction of sp³-hybridized carbons (Fsp3) is 0.250. The van der Waals surface area contributed by atoms with E-state index in [-0.39, 0.29) is 11.8 Å². The molecule has 1 atom stereocenters. The number of methoxy groups -OCH3 is 2. The standard InChI is InChI=1S/C20H18ClN3O4/c1-26-15-7-8-16(17(10-15)27-2)20-22-19(23-28-20)12-9-18(25)24(11-12)14-5-3-13(21)4-6-14/h3-8,10,12H,9,11H2,1-2H3/t12-/m1/s1. The van der Waals surface area contributed by atoms with Gasteiger partial charge in [-0.2, -0.15) is 4.98 Å². The largest absolute Gasteiger partial charge is 0.497 e. The van der Waals surface area contributed by atoms with E-state index in [2.05, 4.69) is 10.1 Å². The van der Waals surface area contributed by atoms with Crippen molar-refractivity contribution in [2.45, 2.75) is 12.3 Å². The number of aromatic nitrogens is 2. The van der Waals surface area contributed by atoms with Crippen LogP contribution in [0.2, 0.25) is 5.02 Å². The fourth-order valence-corrected chi connectivity index (χ4v) is 3.36. The monoisotopic (exact) mass is 399 g/mol. The summed E-state index contributed by atoms with van der Waals surface area (Å²) in [5, 5.41) is 4.72. The summed E-state index contributed by atoms with van der Waals surface area (Å²) in [7, 11) is 3.15. The Kier molecular flexibility index (Phi) is 4.92. The van der Waals surface area contributed by atoms with Crippen molar-refractivity contribution in [3.05, 3.63) is 53.3 Å². The van der Waals surface area contributed by atoms with E-state index in [9.17, 15) is 4.79 Å². The number of benzene rings is 2. The summed E-state index contributed by atoms with van der Waals surface area (Å²) in [6.45, 7) is 0.485. The van der Waals surface area contributed by atoms with E-state index in [1.807, 2.05) is 12.1 Å². The summed E-state index contributed by atoms with van der Waals surface area (Å²) in [6, 6.07) is 12.5. The van der Waals surface area contributed by atoms with Gasteiger partial charge >= 0.3 is 0 Å². The van der Waals surface area contributed by atoms with Crippen molar-refractivity contribution >= 4 is 23.2 Å². The Bertz CT molecular complexity index is 1000. The van der Waals surface area contributed by atoms with Crippen LogP contribution in [0.25, 0.3) is 11.5 Å². The third kappa shape index (κ3) is 3.41. The molecule has 0 aliphatic carbocycles. The molecule has 0 bridgehead atoms. The number of carbonyl (C=O) groups is 1. The van der Waals surface area contributed by atoms with Gasteiger partial charge < -0.3 is 18.9 Å². The maximum atomic E-state index is 12.5. The normalized spacial score (nSPS) is 16.5. The smallest absolute Gasteiger partial charge is 0.261 e. The van der Waals surface area contributed by atoms with Crippen LogP contribution < -0.4 is 14.4 Å². The molecule has 1 amide bonds. The molecule has 1 aromatic heterocycles. The highest BCUT2D eigenvalue weighted by atomic mass is 35.5. The quantitative estimate of drug-likeness (QED) is 0.647. The minimum Gasteiger partial charge on any atom is -0.497 e. The summed E-state index contributed by atoms with van der Waals surface area (Å²) in [4.78, 5) is 18.7. The van der Waals surface area contributed by atoms with Crippen LogP contribution >= 0.6 is 11.6 Å². The van der Waals surface area contributed by atoms with E-state index >= 15 is 0 Å². The zero-order valence-corrected chi connectivity index (χ0v) is 16.1. The topological polar surface area (TPSA) is 77.7 Å². The molecule has 3 aromatic rings. The molecule has 28 heavy (non-hydrogen) atoms. The number of halogens is 1. The Morgan fingerprint density at radius 3 is 2.64 bits per heavy atom. The molecule has 7 nitrogen and oxygen atoms in total. The van der Waals surface area contributed by atoms with E-state index in [1.54, 1.807) is 49.5 Å². The Morgan fingerprint density at radius 2 is 1.93 bits per heavy atom. The molecular formula is C20H18ClN3O4. The van der Waals surface area contributed by atoms with Gasteiger partial charge in [0.15, 0.2) is 5.82 Å². The average Bonchev–Trinajstić information content (AvgIpc) is 3.35. The molecule has 1 saturated heterocycles. The molecule has 1 aliphatic heterocycles. The number of hydrogen-bond acceptors (Lipinski definition) is 6. The van der Waals surface area contributed by atoms with Crippen molar-refractivity contribution < 1.29 is 18.8 Å². The van der Waals surface area contributed by atoms with Crippen molar-refractivity contribution in [1.82, 2.24) is 10.1 Å². The van der Waals surface area contributed by atoms with Gasteiger partial charge in [0.25, 0.3) is 5.89 Å². The van der Waals surface area contributed by atoms with Crippen molar-refractivity contribution in [3.8, 4) is 23.0 Å². The third-order valence-corrected chi connectivity index (χ3v) is 4.96. The predicted octanol–water partition coefficient (Wildman–Crippen LogP) is 3.93. The highest BCUT2D eigenvalue weighted by Gasteiger charge is 2.34. The number of hydrogen-bond donors (Lipinski definition) is 0. The molecule has 144 valence electrons. The van der Waals surface area contributed by atoms with Crippen molar-refractivity contribution in [3.63, 3.8) is 0 Å². The van der Waals surface area contributed by atoms with Crippen molar-refractivity contribution in [2.24, 2.45) is 0 Å². The molecule has 4 rings (SSSR count). The Morgan fingerprint density at radius 1 is 1.14 bits per heavy atom. The molecule has 0 radical (unpaired) electrons. The van der Waals surface area contributed by atoms with E-state index in [1.165, 1.54) is 0 Å². The molecular weight excluding hydrogens is 382 g/mol. The molecule has 2 aromatic carbocycles. The van der Waals surface area contributed by atoms with Gasteiger partial charge in [-0.15, -0.1) is 0 Å². The molecule has 0 N–H and O–H groups in total. The van der Waals surface area contributed by atoms with Gasteiger partial charge in [-0.1, -0.05) is 16.8 Å². The molecule has 2 heterocycles. The first-order valence-electron chi connectivity index (χ1n) is 8.71. The van der Waals surface area contributed by atoms with Gasteiger partial charge in [0, 0.05) is 35.7 Å². The lowest BCUT2D eigenvalue weighted by molar-refractivity contribution is -0.117. The van der Waals surface area contributed by atoms with Crippen LogP contribution in [0.15, 0.2) is 47.0 Å². The Balaban J connectivity index is 1.57. The van der Waals surface area contributed by atoms with Crippen LogP contribution in [0.1, 0.15) is 18.2 Å². The van der Waals surface area contributed by atoms with Crippen LogP contribution in [0, 0.1) is 0 Å². The Labute approximate surface area is 166 Å². The highest BCUT2D eigenvalue weighted by molar-refractivity contribution is 6.30. The summed E-state index contributed by atoms with van der Waals surface area (Å²) >= 11 is 5.93. The maximum Gasteiger partial charge on any atom is 0.261 e. The SMILES string of the molecule is COc1ccc(-c2nc([C@@H]3CC(=O)N(c4ccc(Cl)cc4)C3)no2)c(OC)c1. The van der Waals surface area contributed by atoms with E-state index in [4.69, 9.17) is 25.6 Å². The highest BCUT2D eigenvalue weighted by Crippen LogP contribution is 2.35. The minimum absolute atomic E-state index is 0.0145. The van der Waals surface area contributed by atoms with Crippen LogP contribution in [0.5, 0.6) is 11.5 Å². The minimum atomic E-state index is -0.148. The van der Waals surface area contributed by atoms with Crippen LogP contribution in [0.3, 0.4) is 0 Å². The van der Waals surface area contributed by atoms with Crippen LogP contribution in [-0.4, -0.2) is 36.8 Å². The first kappa shape index (κ1) is 18.3. The first-order valence-corrected chi connectivity index (χ1v) is 9.08. The van der Waals surface area contributed by atoms with E-state index in [0.29, 0.717) is 46.8 Å². The molecule has 1 fully saturated rings. The van der Waals surface area contributed by atoms with Crippen LogP contribution in [-0.2, 0) is 4.79 Å². The third-order valence-electron chi connectivity index (χ3n) is 4.71. The fourth-order valence-electron chi connectivity index (χ4n) is 3.24. The number of amides is 1. The van der Waals surface area contributed by atoms with Gasteiger partial charge in [0.2, 0.25) is 5.91 Å². The molecule has 1 aliphatic rings. The van der Waals surface area contributed by atoms with E-state index < -0.39 is 0 Å². The predicted molar refractivity (Wildman–Crippen MR) is 104 cm³/mol. The number of carbonyl (C=O) groups excluding carboxylic acids is 1. The number of nitrogens with zero attached hydrogens (tertiary/aromatic N) is 3. The van der Waals surface area contributed by atoms with Gasteiger partial charge in [-0.25, -0.2) is 0 Å². The van der Waals surface area contributed by atoms with E-state index in [0.717, 1.165) is 5.69 Å². The van der Waals surface area contributed by atoms with Crippen molar-refractivity contribution in [2.75, 3.05) is 25.7 Å². The van der Waals surface area contributed by atoms with Gasteiger partial charge in [-0.05, 0) is 36.4 Å². The van der Waals surface area contributed by atoms with Gasteiger partial charge in [0.05, 0.1) is 19.8 Å². The summed E-state index contributed by atoms with van der Waals surface area (Å²) < 4.78 is 16.0. The van der Waals surface area contributed by atoms with Crippen molar-refractivity contribution in [1.29, 1.82) is 0 Å². The zero-order chi connectivity index (χ0) is 19.7. The summed E-state index contributed by atoms with van der Waals surface area (Å²) in [5.41, 5.74) is 1.47. The Hall–Kier alpha value is -3.06. The maximum absolute atomic E-state index is 12.5. The summed E-state index contributed by atoms with van der Waals surface area (Å²) in [6.07, 6.45) is 0.321. The van der Waals surface area contributed by atoms with Gasteiger partial charge in [0.1, 0.15) is 11.5 Å². The molecule has 0 saturated carbocycles. The average molecular weight is 400 g/mol. The number of anilines is 1. The second-order valence-electron chi connectivity index (χ2n) is 6.41. The van der Waals surface area contributed by atoms with Gasteiger partial charge in [-0.3, -0.25) is 4.79 Å². The lowest BCUT2D eigenvalue weighted by Crippen LogP contribution is -2.24. The second kappa shape index (κ2) is 7.52. The second-order valence-corrected chi connectivity index (χ2v) is 6.84. The van der Waals surface area contributed by atoms with Crippen LogP contribution in [0.4, 0.5) is 5.69 Å². The lowest BCUT2D eigenvalue weighted by Gasteiger charge is -2.16.